The highest BCUT2D eigenvalue weighted by molar-refractivity contribution is 5.98. The number of anilines is 1. The maximum absolute atomic E-state index is 13.2. The molecule has 0 bridgehead atoms. The summed E-state index contributed by atoms with van der Waals surface area (Å²) >= 11 is 0. The Morgan fingerprint density at radius 2 is 2.26 bits per heavy atom. The number of nitrogens with zero attached hydrogens (tertiary/aromatic N) is 2. The van der Waals surface area contributed by atoms with Crippen LogP contribution in [0.15, 0.2) is 24.7 Å². The van der Waals surface area contributed by atoms with Crippen LogP contribution in [-0.2, 0) is 0 Å². The van der Waals surface area contributed by atoms with Crippen molar-refractivity contribution in [3.63, 3.8) is 0 Å². The lowest BCUT2D eigenvalue weighted by Gasteiger charge is -2.13. The largest absolute Gasteiger partial charge is 0.372 e. The number of nitrogens with one attached hydrogen (secondary N) is 3. The van der Waals surface area contributed by atoms with Crippen LogP contribution in [0.4, 0.5) is 10.2 Å². The van der Waals surface area contributed by atoms with Crippen LogP contribution < -0.4 is 10.6 Å². The number of hydrogen-bond donors (Lipinski definition) is 3. The summed E-state index contributed by atoms with van der Waals surface area (Å²) in [7, 11) is 1.62. The molecule has 0 aliphatic heterocycles. The van der Waals surface area contributed by atoms with Gasteiger partial charge in [-0.3, -0.25) is 9.89 Å². The molecule has 1 atom stereocenters. The smallest absolute Gasteiger partial charge is 0.255 e. The van der Waals surface area contributed by atoms with Crippen LogP contribution in [0.2, 0.25) is 0 Å². The molecule has 3 N–H and O–H groups in total. The number of carbonyl (C=O) groups is 1. The van der Waals surface area contributed by atoms with Gasteiger partial charge in [0.25, 0.3) is 5.91 Å². The number of hydrogen-bond acceptors (Lipinski definition) is 4. The first-order valence-corrected chi connectivity index (χ1v) is 5.74. The van der Waals surface area contributed by atoms with Crippen LogP contribution in [0.5, 0.6) is 0 Å². The van der Waals surface area contributed by atoms with Crippen LogP contribution >= 0.6 is 0 Å². The topological polar surface area (TPSA) is 82.7 Å². The molecule has 2 aromatic heterocycles. The van der Waals surface area contributed by atoms with Gasteiger partial charge in [0.2, 0.25) is 0 Å². The normalized spacial score (nSPS) is 11.9. The van der Waals surface area contributed by atoms with Crippen LogP contribution in [0.3, 0.4) is 0 Å². The summed E-state index contributed by atoms with van der Waals surface area (Å²) in [6, 6.07) is 0.912. The lowest BCUT2D eigenvalue weighted by molar-refractivity contribution is 0.0940. The van der Waals surface area contributed by atoms with Gasteiger partial charge in [0.05, 0.1) is 24.0 Å². The lowest BCUT2D eigenvalue weighted by Crippen LogP contribution is -2.27. The van der Waals surface area contributed by atoms with Crippen molar-refractivity contribution in [1.82, 2.24) is 20.5 Å². The minimum Gasteiger partial charge on any atom is -0.372 e. The van der Waals surface area contributed by atoms with E-state index in [1.54, 1.807) is 19.4 Å². The maximum Gasteiger partial charge on any atom is 0.255 e. The number of halogens is 1. The average Bonchev–Trinajstić information content (AvgIpc) is 2.92. The van der Waals surface area contributed by atoms with Gasteiger partial charge >= 0.3 is 0 Å². The molecule has 6 nitrogen and oxygen atoms in total. The minimum absolute atomic E-state index is 0.165. The van der Waals surface area contributed by atoms with Crippen molar-refractivity contribution in [2.45, 2.75) is 13.0 Å². The predicted molar refractivity (Wildman–Crippen MR) is 68.2 cm³/mol. The number of carbonyl (C=O) groups excluding carboxylic acids is 1. The number of aromatic amines is 1. The minimum atomic E-state index is -0.555. The van der Waals surface area contributed by atoms with E-state index in [9.17, 15) is 9.18 Å². The highest BCUT2D eigenvalue weighted by Gasteiger charge is 2.16. The molecule has 7 heteroatoms. The van der Waals surface area contributed by atoms with E-state index >= 15 is 0 Å². The van der Waals surface area contributed by atoms with Crippen LogP contribution in [-0.4, -0.2) is 28.1 Å². The Balaban J connectivity index is 2.18. The van der Waals surface area contributed by atoms with Gasteiger partial charge in [-0.05, 0) is 13.0 Å². The molecular formula is C12H14FN5O. The van der Waals surface area contributed by atoms with Crippen molar-refractivity contribution in [3.8, 4) is 0 Å². The fourth-order valence-electron chi connectivity index (χ4n) is 1.67. The van der Waals surface area contributed by atoms with Gasteiger partial charge in [0, 0.05) is 18.8 Å². The molecule has 2 heterocycles. The molecule has 2 aromatic rings. The summed E-state index contributed by atoms with van der Waals surface area (Å²) in [5.74, 6) is -0.622. The van der Waals surface area contributed by atoms with Gasteiger partial charge in [-0.2, -0.15) is 5.10 Å². The van der Waals surface area contributed by atoms with E-state index in [0.29, 0.717) is 5.82 Å². The number of pyridine rings is 1. The lowest BCUT2D eigenvalue weighted by atomic mass is 10.1. The summed E-state index contributed by atoms with van der Waals surface area (Å²) in [6.07, 6.45) is 4.36. The molecule has 19 heavy (non-hydrogen) atoms. The van der Waals surface area contributed by atoms with E-state index in [2.05, 4.69) is 25.8 Å². The van der Waals surface area contributed by atoms with E-state index in [0.717, 1.165) is 17.8 Å². The van der Waals surface area contributed by atoms with Crippen molar-refractivity contribution in [3.05, 3.63) is 41.6 Å². The van der Waals surface area contributed by atoms with E-state index in [1.165, 1.54) is 0 Å². The molecule has 0 aliphatic carbocycles. The standard InChI is InChI=1S/C12H14FN5O/c1-7(8-4-16-17-5-8)18-12(19)10-3-9(13)6-15-11(10)14-2/h3-7H,1-2H3,(H,14,15)(H,16,17)(H,18,19). The molecule has 0 aromatic carbocycles. The second-order valence-electron chi connectivity index (χ2n) is 4.03. The van der Waals surface area contributed by atoms with Crippen molar-refractivity contribution in [2.24, 2.45) is 0 Å². The molecule has 1 unspecified atom stereocenters. The summed E-state index contributed by atoms with van der Waals surface area (Å²) in [6.45, 7) is 1.81. The van der Waals surface area contributed by atoms with Crippen molar-refractivity contribution in [2.75, 3.05) is 12.4 Å². The Hall–Kier alpha value is -2.44. The van der Waals surface area contributed by atoms with Gasteiger partial charge in [-0.15, -0.1) is 0 Å². The third-order valence-electron chi connectivity index (χ3n) is 2.70. The van der Waals surface area contributed by atoms with Crippen LogP contribution in [0.1, 0.15) is 28.9 Å². The van der Waals surface area contributed by atoms with Gasteiger partial charge < -0.3 is 10.6 Å². The summed E-state index contributed by atoms with van der Waals surface area (Å²) in [4.78, 5) is 15.9. The Labute approximate surface area is 109 Å². The van der Waals surface area contributed by atoms with Crippen molar-refractivity contribution < 1.29 is 9.18 Å². The summed E-state index contributed by atoms with van der Waals surface area (Å²) < 4.78 is 13.2. The van der Waals surface area contributed by atoms with Crippen LogP contribution in [0.25, 0.3) is 0 Å². The third kappa shape index (κ3) is 2.87. The quantitative estimate of drug-likeness (QED) is 0.780. The van der Waals surface area contributed by atoms with E-state index in [-0.39, 0.29) is 11.6 Å². The molecule has 2 rings (SSSR count). The average molecular weight is 263 g/mol. The van der Waals surface area contributed by atoms with Crippen molar-refractivity contribution >= 4 is 11.7 Å². The first-order chi connectivity index (χ1) is 9.11. The third-order valence-corrected chi connectivity index (χ3v) is 2.70. The highest BCUT2D eigenvalue weighted by Crippen LogP contribution is 2.15. The Bertz CT molecular complexity index is 570. The fraction of sp³-hybridized carbons (Fsp3) is 0.250. The first-order valence-electron chi connectivity index (χ1n) is 5.74. The molecular weight excluding hydrogens is 249 g/mol. The number of aromatic nitrogens is 3. The molecule has 100 valence electrons. The van der Waals surface area contributed by atoms with Gasteiger partial charge in [-0.25, -0.2) is 9.37 Å². The zero-order valence-electron chi connectivity index (χ0n) is 10.6. The monoisotopic (exact) mass is 263 g/mol. The Morgan fingerprint density at radius 3 is 2.89 bits per heavy atom. The first kappa shape index (κ1) is 13.0. The van der Waals surface area contributed by atoms with Crippen molar-refractivity contribution in [1.29, 1.82) is 0 Å². The number of rotatable bonds is 4. The molecule has 0 saturated heterocycles. The van der Waals surface area contributed by atoms with Gasteiger partial charge in [0.1, 0.15) is 11.6 Å². The molecule has 0 fully saturated rings. The number of H-pyrrole nitrogens is 1. The van der Waals surface area contributed by atoms with Gasteiger partial charge in [0.15, 0.2) is 0 Å². The Morgan fingerprint density at radius 1 is 1.47 bits per heavy atom. The molecule has 1 amide bonds. The molecule has 0 spiro atoms. The molecule has 0 saturated carbocycles. The molecule has 0 aliphatic rings. The van der Waals surface area contributed by atoms with E-state index in [4.69, 9.17) is 0 Å². The number of amides is 1. The van der Waals surface area contributed by atoms with E-state index in [1.807, 2.05) is 6.92 Å². The van der Waals surface area contributed by atoms with Crippen LogP contribution in [0, 0.1) is 5.82 Å². The highest BCUT2D eigenvalue weighted by atomic mass is 19.1. The fourth-order valence-corrected chi connectivity index (χ4v) is 1.67. The second-order valence-corrected chi connectivity index (χ2v) is 4.03. The molecule has 0 radical (unpaired) electrons. The SMILES string of the molecule is CNc1ncc(F)cc1C(=O)NC(C)c1cn[nH]c1. The van der Waals surface area contributed by atoms with Gasteiger partial charge in [-0.1, -0.05) is 0 Å². The summed E-state index contributed by atoms with van der Waals surface area (Å²) in [5, 5.41) is 12.0. The second kappa shape index (κ2) is 5.47. The maximum atomic E-state index is 13.2. The predicted octanol–water partition coefficient (Wildman–Crippen LogP) is 1.48. The summed E-state index contributed by atoms with van der Waals surface area (Å²) in [5.41, 5.74) is 1.00. The zero-order chi connectivity index (χ0) is 13.8. The zero-order valence-corrected chi connectivity index (χ0v) is 10.6. The van der Waals surface area contributed by atoms with E-state index < -0.39 is 11.7 Å². The Kier molecular flexibility index (Phi) is 3.74.